The van der Waals surface area contributed by atoms with Crippen LogP contribution in [0.3, 0.4) is 0 Å². The first-order valence-electron chi connectivity index (χ1n) is 6.72. The minimum atomic E-state index is -0.384. The van der Waals surface area contributed by atoms with E-state index in [9.17, 15) is 4.79 Å². The van der Waals surface area contributed by atoms with Crippen LogP contribution in [0, 0.1) is 0 Å². The van der Waals surface area contributed by atoms with E-state index in [4.69, 9.17) is 10.5 Å². The molecule has 1 heterocycles. The van der Waals surface area contributed by atoms with Crippen molar-refractivity contribution in [1.29, 1.82) is 0 Å². The van der Waals surface area contributed by atoms with Crippen LogP contribution in [0.5, 0.6) is 0 Å². The molecule has 0 aromatic heterocycles. The molecule has 1 aromatic carbocycles. The van der Waals surface area contributed by atoms with Crippen molar-refractivity contribution >= 4 is 5.91 Å². The number of primary amides is 1. The second-order valence-electron chi connectivity index (χ2n) is 5.74. The van der Waals surface area contributed by atoms with E-state index in [0.29, 0.717) is 11.6 Å². The molecule has 0 aliphatic carbocycles. The normalized spacial score (nSPS) is 22.1. The summed E-state index contributed by atoms with van der Waals surface area (Å²) < 4.78 is 5.70. The van der Waals surface area contributed by atoms with Gasteiger partial charge in [-0.1, -0.05) is 12.1 Å². The standard InChI is InChI=1S/C15H22N2O2/c1-15(2)9-13(7-8-19-15)17-10-11-3-5-12(6-4-11)14(16)18/h3-6,13,17H,7-10H2,1-2H3,(H2,16,18). The van der Waals surface area contributed by atoms with Gasteiger partial charge in [0.1, 0.15) is 0 Å². The molecular formula is C15H22N2O2. The molecule has 0 bridgehead atoms. The Morgan fingerprint density at radius 1 is 1.42 bits per heavy atom. The molecule has 1 saturated heterocycles. The highest BCUT2D eigenvalue weighted by Crippen LogP contribution is 2.24. The number of rotatable bonds is 4. The van der Waals surface area contributed by atoms with Crippen molar-refractivity contribution in [2.24, 2.45) is 5.73 Å². The summed E-state index contributed by atoms with van der Waals surface area (Å²) in [6.45, 7) is 5.87. The van der Waals surface area contributed by atoms with Gasteiger partial charge in [-0.2, -0.15) is 0 Å². The van der Waals surface area contributed by atoms with Gasteiger partial charge < -0.3 is 15.8 Å². The fourth-order valence-electron chi connectivity index (χ4n) is 2.46. The van der Waals surface area contributed by atoms with Gasteiger partial charge in [0.15, 0.2) is 0 Å². The molecule has 0 saturated carbocycles. The van der Waals surface area contributed by atoms with Crippen molar-refractivity contribution in [2.45, 2.75) is 44.9 Å². The van der Waals surface area contributed by atoms with E-state index in [1.807, 2.05) is 12.1 Å². The van der Waals surface area contributed by atoms with Crippen molar-refractivity contribution in [3.8, 4) is 0 Å². The lowest BCUT2D eigenvalue weighted by Gasteiger charge is -2.36. The van der Waals surface area contributed by atoms with Crippen LogP contribution in [0.15, 0.2) is 24.3 Å². The quantitative estimate of drug-likeness (QED) is 0.870. The maximum atomic E-state index is 11.0. The molecule has 0 spiro atoms. The summed E-state index contributed by atoms with van der Waals surface area (Å²) in [6, 6.07) is 7.91. The highest BCUT2D eigenvalue weighted by molar-refractivity contribution is 5.92. The third-order valence-corrected chi connectivity index (χ3v) is 3.53. The van der Waals surface area contributed by atoms with Gasteiger partial charge in [-0.05, 0) is 44.4 Å². The summed E-state index contributed by atoms with van der Waals surface area (Å²) in [6.07, 6.45) is 2.06. The fraction of sp³-hybridized carbons (Fsp3) is 0.533. The van der Waals surface area contributed by atoms with Gasteiger partial charge in [-0.15, -0.1) is 0 Å². The zero-order chi connectivity index (χ0) is 13.9. The van der Waals surface area contributed by atoms with Crippen LogP contribution in [0.25, 0.3) is 0 Å². The molecule has 1 amide bonds. The van der Waals surface area contributed by atoms with Crippen molar-refractivity contribution in [2.75, 3.05) is 6.61 Å². The molecule has 1 aliphatic rings. The monoisotopic (exact) mass is 262 g/mol. The van der Waals surface area contributed by atoms with Crippen LogP contribution in [-0.4, -0.2) is 24.2 Å². The van der Waals surface area contributed by atoms with Gasteiger partial charge in [0.05, 0.1) is 5.60 Å². The molecule has 104 valence electrons. The smallest absolute Gasteiger partial charge is 0.248 e. The minimum absolute atomic E-state index is 0.0360. The number of benzene rings is 1. The number of hydrogen-bond acceptors (Lipinski definition) is 3. The molecule has 3 N–H and O–H groups in total. The second kappa shape index (κ2) is 5.72. The number of ether oxygens (including phenoxy) is 1. The average molecular weight is 262 g/mol. The zero-order valence-electron chi connectivity index (χ0n) is 11.6. The number of carbonyl (C=O) groups is 1. The number of nitrogens with one attached hydrogen (secondary N) is 1. The predicted octanol–water partition coefficient (Wildman–Crippen LogP) is 1.83. The van der Waals surface area contributed by atoms with E-state index in [2.05, 4.69) is 19.2 Å². The van der Waals surface area contributed by atoms with Crippen LogP contribution in [0.2, 0.25) is 0 Å². The van der Waals surface area contributed by atoms with Crippen molar-refractivity contribution < 1.29 is 9.53 Å². The Morgan fingerprint density at radius 3 is 2.68 bits per heavy atom. The summed E-state index contributed by atoms with van der Waals surface area (Å²) in [7, 11) is 0. The highest BCUT2D eigenvalue weighted by atomic mass is 16.5. The Kier molecular flexibility index (Phi) is 4.22. The van der Waals surface area contributed by atoms with Gasteiger partial charge in [-0.3, -0.25) is 4.79 Å². The predicted molar refractivity (Wildman–Crippen MR) is 74.9 cm³/mol. The number of hydrogen-bond donors (Lipinski definition) is 2. The molecule has 2 rings (SSSR count). The Labute approximate surface area is 114 Å². The maximum Gasteiger partial charge on any atom is 0.248 e. The summed E-state index contributed by atoms with van der Waals surface area (Å²) in [4.78, 5) is 11.0. The van der Waals surface area contributed by atoms with Gasteiger partial charge in [0.2, 0.25) is 5.91 Å². The largest absolute Gasteiger partial charge is 0.375 e. The fourth-order valence-corrected chi connectivity index (χ4v) is 2.46. The summed E-state index contributed by atoms with van der Waals surface area (Å²) in [5, 5.41) is 3.55. The molecule has 1 aliphatic heterocycles. The van der Waals surface area contributed by atoms with E-state index >= 15 is 0 Å². The zero-order valence-corrected chi connectivity index (χ0v) is 11.6. The van der Waals surface area contributed by atoms with E-state index in [0.717, 1.165) is 31.6 Å². The number of carbonyl (C=O) groups excluding carboxylic acids is 1. The molecule has 4 nitrogen and oxygen atoms in total. The minimum Gasteiger partial charge on any atom is -0.375 e. The van der Waals surface area contributed by atoms with Gasteiger partial charge in [0.25, 0.3) is 0 Å². The van der Waals surface area contributed by atoms with E-state index in [1.54, 1.807) is 12.1 Å². The van der Waals surface area contributed by atoms with Crippen LogP contribution in [0.1, 0.15) is 42.6 Å². The van der Waals surface area contributed by atoms with Crippen LogP contribution < -0.4 is 11.1 Å². The van der Waals surface area contributed by atoms with Gasteiger partial charge >= 0.3 is 0 Å². The molecule has 4 heteroatoms. The lowest BCUT2D eigenvalue weighted by atomic mass is 9.94. The van der Waals surface area contributed by atoms with Crippen LogP contribution in [-0.2, 0) is 11.3 Å². The third-order valence-electron chi connectivity index (χ3n) is 3.53. The second-order valence-corrected chi connectivity index (χ2v) is 5.74. The Hall–Kier alpha value is -1.39. The Morgan fingerprint density at radius 2 is 2.11 bits per heavy atom. The van der Waals surface area contributed by atoms with E-state index in [-0.39, 0.29) is 11.5 Å². The van der Waals surface area contributed by atoms with Crippen molar-refractivity contribution in [3.05, 3.63) is 35.4 Å². The Bertz CT molecular complexity index is 440. The molecule has 1 aromatic rings. The van der Waals surface area contributed by atoms with Crippen molar-refractivity contribution in [3.63, 3.8) is 0 Å². The van der Waals surface area contributed by atoms with Crippen LogP contribution >= 0.6 is 0 Å². The molecule has 1 fully saturated rings. The number of nitrogens with two attached hydrogens (primary N) is 1. The van der Waals surface area contributed by atoms with Gasteiger partial charge in [0, 0.05) is 24.8 Å². The van der Waals surface area contributed by atoms with Gasteiger partial charge in [-0.25, -0.2) is 0 Å². The summed E-state index contributed by atoms with van der Waals surface area (Å²) in [5.74, 6) is -0.384. The maximum absolute atomic E-state index is 11.0. The lowest BCUT2D eigenvalue weighted by Crippen LogP contribution is -2.43. The molecule has 1 atom stereocenters. The molecule has 0 radical (unpaired) electrons. The van der Waals surface area contributed by atoms with E-state index < -0.39 is 0 Å². The third kappa shape index (κ3) is 4.04. The average Bonchev–Trinajstić information content (AvgIpc) is 2.36. The topological polar surface area (TPSA) is 64.3 Å². The van der Waals surface area contributed by atoms with E-state index in [1.165, 1.54) is 0 Å². The first kappa shape index (κ1) is 14.0. The Balaban J connectivity index is 1.86. The van der Waals surface area contributed by atoms with Crippen LogP contribution in [0.4, 0.5) is 0 Å². The first-order chi connectivity index (χ1) is 8.96. The highest BCUT2D eigenvalue weighted by Gasteiger charge is 2.28. The molecule has 19 heavy (non-hydrogen) atoms. The molecule has 1 unspecified atom stereocenters. The SMILES string of the molecule is CC1(C)CC(NCc2ccc(C(N)=O)cc2)CCO1. The lowest BCUT2D eigenvalue weighted by molar-refractivity contribution is -0.0630. The molecular weight excluding hydrogens is 240 g/mol. The summed E-state index contributed by atoms with van der Waals surface area (Å²) in [5.41, 5.74) is 6.89. The summed E-state index contributed by atoms with van der Waals surface area (Å²) >= 11 is 0. The number of amides is 1. The first-order valence-corrected chi connectivity index (χ1v) is 6.72. The van der Waals surface area contributed by atoms with Crippen molar-refractivity contribution in [1.82, 2.24) is 5.32 Å².